The molecule has 4 heterocycles. The van der Waals surface area contributed by atoms with Crippen molar-refractivity contribution in [1.29, 1.82) is 0 Å². The second-order valence-corrected chi connectivity index (χ2v) is 11.0. The Morgan fingerprint density at radius 2 is 1.78 bits per heavy atom. The van der Waals surface area contributed by atoms with Gasteiger partial charge in [-0.05, 0) is 67.9 Å². The van der Waals surface area contributed by atoms with Gasteiger partial charge in [0.1, 0.15) is 6.04 Å². The van der Waals surface area contributed by atoms with E-state index in [9.17, 15) is 19.2 Å². The van der Waals surface area contributed by atoms with Gasteiger partial charge in [-0.2, -0.15) is 0 Å². The van der Waals surface area contributed by atoms with E-state index in [1.807, 2.05) is 47.1 Å². The van der Waals surface area contributed by atoms with Gasteiger partial charge in [0.15, 0.2) is 0 Å². The maximum Gasteiger partial charge on any atom is 0.416 e. The number of fused-ring (bicyclic) bond motifs is 1. The van der Waals surface area contributed by atoms with E-state index < -0.39 is 11.8 Å². The van der Waals surface area contributed by atoms with Crippen LogP contribution in [0.4, 0.5) is 15.3 Å². The highest BCUT2D eigenvalue weighted by atomic mass is 16.4. The van der Waals surface area contributed by atoms with Gasteiger partial charge in [0.25, 0.3) is 0 Å². The van der Waals surface area contributed by atoms with Gasteiger partial charge in [-0.15, -0.1) is 0 Å². The van der Waals surface area contributed by atoms with Crippen LogP contribution in [0.3, 0.4) is 0 Å². The molecule has 1 aromatic heterocycles. The Kier molecular flexibility index (Phi) is 8.91. The van der Waals surface area contributed by atoms with Crippen molar-refractivity contribution >= 4 is 23.7 Å². The number of benzene rings is 1. The molecule has 1 atom stereocenters. The first kappa shape index (κ1) is 28.3. The van der Waals surface area contributed by atoms with Gasteiger partial charge in [-0.1, -0.05) is 24.3 Å². The predicted molar refractivity (Wildman–Crippen MR) is 154 cm³/mol. The Balaban J connectivity index is 1.26. The van der Waals surface area contributed by atoms with Crippen LogP contribution in [0.1, 0.15) is 48.8 Å². The molecule has 3 aliphatic heterocycles. The number of piperidine rings is 2. The number of nitrogens with one attached hydrogen (secondary N) is 3. The minimum absolute atomic E-state index is 0.0263. The molecule has 0 radical (unpaired) electrons. The lowest BCUT2D eigenvalue weighted by Crippen LogP contribution is -2.56. The molecule has 0 saturated carbocycles. The molecule has 3 aliphatic rings. The topological polar surface area (TPSA) is 131 Å². The Bertz CT molecular complexity index is 1370. The summed E-state index contributed by atoms with van der Waals surface area (Å²) in [7, 11) is 0. The molecule has 218 valence electrons. The summed E-state index contributed by atoms with van der Waals surface area (Å²) >= 11 is 0. The summed E-state index contributed by atoms with van der Waals surface area (Å²) in [5.41, 5.74) is 3.46. The maximum absolute atomic E-state index is 13.6. The zero-order chi connectivity index (χ0) is 28.8. The SMILES string of the molecule is Cc1c[nH]c(=O)occc(CC(NC(=O)N2CCC(N3Cc4ccccc4NC3=O)CC2)C(=O)N2CCCCC2)c1. The van der Waals surface area contributed by atoms with Gasteiger partial charge in [0, 0.05) is 57.1 Å². The van der Waals surface area contributed by atoms with Gasteiger partial charge >= 0.3 is 17.8 Å². The summed E-state index contributed by atoms with van der Waals surface area (Å²) < 4.78 is 5.02. The molecule has 3 N–H and O–H groups in total. The number of urea groups is 2. The fourth-order valence-electron chi connectivity index (χ4n) is 5.81. The van der Waals surface area contributed by atoms with Gasteiger partial charge in [-0.3, -0.25) is 9.78 Å². The average Bonchev–Trinajstić information content (AvgIpc) is 3.06. The third-order valence-corrected chi connectivity index (χ3v) is 8.04. The molecule has 1 unspecified atom stereocenters. The number of carbonyl (C=O) groups excluding carboxylic acids is 3. The number of aryl methyl sites for hydroxylation is 1. The number of nitrogens with zero attached hydrogens (tertiary/aromatic N) is 3. The highest BCUT2D eigenvalue weighted by Gasteiger charge is 2.34. The zero-order valence-corrected chi connectivity index (χ0v) is 23.4. The van der Waals surface area contributed by atoms with Crippen molar-refractivity contribution in [2.45, 2.75) is 64.1 Å². The molecule has 0 bridgehead atoms. The van der Waals surface area contributed by atoms with Crippen LogP contribution in [0.5, 0.6) is 0 Å². The predicted octanol–water partition coefficient (Wildman–Crippen LogP) is 3.55. The summed E-state index contributed by atoms with van der Waals surface area (Å²) in [6.07, 6.45) is 7.38. The van der Waals surface area contributed by atoms with E-state index in [2.05, 4.69) is 15.6 Å². The quantitative estimate of drug-likeness (QED) is 0.513. The van der Waals surface area contributed by atoms with Gasteiger partial charge in [-0.25, -0.2) is 14.4 Å². The van der Waals surface area contributed by atoms with Crippen LogP contribution in [0.15, 0.2) is 58.1 Å². The van der Waals surface area contributed by atoms with Crippen LogP contribution in [0.25, 0.3) is 0 Å². The van der Waals surface area contributed by atoms with E-state index >= 15 is 0 Å². The van der Waals surface area contributed by atoms with Crippen LogP contribution in [-0.2, 0) is 17.8 Å². The lowest BCUT2D eigenvalue weighted by Gasteiger charge is -2.41. The maximum atomic E-state index is 13.6. The van der Waals surface area contributed by atoms with Crippen molar-refractivity contribution in [1.82, 2.24) is 25.0 Å². The standard InChI is InChI=1S/C30H38N6O5/c1-21-17-22(11-16-41-30(40)31-19-21)18-26(27(37)34-12-5-2-6-13-34)33-28(38)35-14-9-24(10-15-35)36-20-23-7-3-4-8-25(23)32-29(36)39/h3-4,7-8,11,16-17,19,24,26H,2,5-6,9-10,12-15,18,20H2,1H3,(H,31,40)(H,32,39)(H,33,38). The molecule has 5 rings (SSSR count). The Hall–Kier alpha value is -4.28. The lowest BCUT2D eigenvalue weighted by molar-refractivity contribution is -0.134. The summed E-state index contributed by atoms with van der Waals surface area (Å²) in [6.45, 7) is 4.70. The normalized spacial score (nSPS) is 18.2. The molecule has 2 fully saturated rings. The average molecular weight is 563 g/mol. The number of aromatic amines is 1. The Morgan fingerprint density at radius 3 is 2.56 bits per heavy atom. The highest BCUT2D eigenvalue weighted by Crippen LogP contribution is 2.27. The van der Waals surface area contributed by atoms with Crippen molar-refractivity contribution in [3.8, 4) is 0 Å². The summed E-state index contributed by atoms with van der Waals surface area (Å²) in [5, 5.41) is 5.98. The third-order valence-electron chi connectivity index (χ3n) is 8.04. The molecule has 1 aromatic carbocycles. The number of hydrogen-bond donors (Lipinski definition) is 3. The molecule has 5 amide bonds. The summed E-state index contributed by atoms with van der Waals surface area (Å²) in [5.74, 6) is -0.707. The number of anilines is 1. The highest BCUT2D eigenvalue weighted by molar-refractivity contribution is 5.92. The molecule has 11 heteroatoms. The molecule has 41 heavy (non-hydrogen) atoms. The molecular formula is C30H38N6O5. The van der Waals surface area contributed by atoms with Crippen molar-refractivity contribution in [3.63, 3.8) is 0 Å². The number of H-pyrrole nitrogens is 1. The fourth-order valence-corrected chi connectivity index (χ4v) is 5.81. The van der Waals surface area contributed by atoms with Crippen LogP contribution >= 0.6 is 0 Å². The first-order valence-corrected chi connectivity index (χ1v) is 14.4. The Labute approximate surface area is 239 Å². The Morgan fingerprint density at radius 1 is 1.02 bits per heavy atom. The number of amides is 5. The number of para-hydroxylation sites is 1. The minimum atomic E-state index is -0.768. The van der Waals surface area contributed by atoms with E-state index in [4.69, 9.17) is 4.42 Å². The molecule has 0 spiro atoms. The van der Waals surface area contributed by atoms with Crippen molar-refractivity contribution in [3.05, 3.63) is 76.1 Å². The largest absolute Gasteiger partial charge is 0.418 e. The number of hydrogen-bond acceptors (Lipinski definition) is 5. The van der Waals surface area contributed by atoms with E-state index in [0.717, 1.165) is 41.6 Å². The number of rotatable bonds is 5. The molecular weight excluding hydrogens is 524 g/mol. The minimum Gasteiger partial charge on any atom is -0.418 e. The van der Waals surface area contributed by atoms with Gasteiger partial charge in [0.05, 0.1) is 6.26 Å². The summed E-state index contributed by atoms with van der Waals surface area (Å²) in [6, 6.07) is 10.2. The van der Waals surface area contributed by atoms with E-state index in [-0.39, 0.29) is 30.4 Å². The van der Waals surface area contributed by atoms with Crippen molar-refractivity contribution < 1.29 is 18.8 Å². The second kappa shape index (κ2) is 12.9. The third kappa shape index (κ3) is 7.08. The van der Waals surface area contributed by atoms with Gasteiger partial charge < -0.3 is 29.8 Å². The van der Waals surface area contributed by atoms with E-state index in [1.54, 1.807) is 17.2 Å². The van der Waals surface area contributed by atoms with Crippen molar-refractivity contribution in [2.24, 2.45) is 0 Å². The van der Waals surface area contributed by atoms with Crippen LogP contribution in [-0.4, -0.2) is 75.9 Å². The first-order valence-electron chi connectivity index (χ1n) is 14.4. The first-order chi connectivity index (χ1) is 19.9. The number of carbonyl (C=O) groups is 3. The molecule has 2 aromatic rings. The monoisotopic (exact) mass is 562 g/mol. The van der Waals surface area contributed by atoms with Gasteiger partial charge in [0.2, 0.25) is 5.91 Å². The molecule has 11 nitrogen and oxygen atoms in total. The van der Waals surface area contributed by atoms with Crippen LogP contribution in [0.2, 0.25) is 0 Å². The van der Waals surface area contributed by atoms with E-state index in [1.165, 1.54) is 6.26 Å². The van der Waals surface area contributed by atoms with E-state index in [0.29, 0.717) is 45.6 Å². The zero-order valence-electron chi connectivity index (χ0n) is 23.4. The number of aromatic nitrogens is 1. The lowest BCUT2D eigenvalue weighted by atomic mass is 10.0. The van der Waals surface area contributed by atoms with Crippen LogP contribution in [0, 0.1) is 6.92 Å². The van der Waals surface area contributed by atoms with Crippen molar-refractivity contribution in [2.75, 3.05) is 31.5 Å². The molecule has 2 saturated heterocycles. The fraction of sp³-hybridized carbons (Fsp3) is 0.467. The second-order valence-electron chi connectivity index (χ2n) is 11.0. The smallest absolute Gasteiger partial charge is 0.416 e. The molecule has 0 aliphatic carbocycles. The number of likely N-dealkylation sites (tertiary alicyclic amines) is 2. The van der Waals surface area contributed by atoms with Crippen LogP contribution < -0.4 is 16.4 Å². The summed E-state index contributed by atoms with van der Waals surface area (Å²) in [4.78, 5) is 59.5.